The smallest absolute Gasteiger partial charge is 0.0875 e. The van der Waals surface area contributed by atoms with Gasteiger partial charge in [-0.1, -0.05) is 26.2 Å². The van der Waals surface area contributed by atoms with E-state index in [1.54, 1.807) is 0 Å². The first-order chi connectivity index (χ1) is 10.8. The molecular weight excluding hydrogens is 272 g/mol. The van der Waals surface area contributed by atoms with Crippen molar-refractivity contribution in [3.63, 3.8) is 0 Å². The molecule has 0 radical (unpaired) electrons. The predicted octanol–water partition coefficient (Wildman–Crippen LogP) is 4.55. The summed E-state index contributed by atoms with van der Waals surface area (Å²) in [6.45, 7) is 2.36. The molecule has 2 nitrogen and oxygen atoms in total. The Bertz CT molecular complexity index is 366. The van der Waals surface area contributed by atoms with Gasteiger partial charge in [-0.2, -0.15) is 0 Å². The second-order valence-electron chi connectivity index (χ2n) is 8.73. The topological polar surface area (TPSA) is 32.8 Å². The molecule has 4 atom stereocenters. The number of hydrogen-bond donors (Lipinski definition) is 1. The minimum atomic E-state index is -0.0164. The summed E-state index contributed by atoms with van der Waals surface area (Å²) >= 11 is 0. The van der Waals surface area contributed by atoms with E-state index in [4.69, 9.17) is 4.74 Å². The minimum Gasteiger partial charge on any atom is -0.393 e. The van der Waals surface area contributed by atoms with E-state index in [-0.39, 0.29) is 6.10 Å². The second-order valence-corrected chi connectivity index (χ2v) is 8.73. The number of rotatable bonds is 3. The highest BCUT2D eigenvalue weighted by molar-refractivity contribution is 5.03. The summed E-state index contributed by atoms with van der Waals surface area (Å²) in [5.41, 5.74) is 0. The molecule has 4 unspecified atom stereocenters. The van der Waals surface area contributed by atoms with Crippen molar-refractivity contribution in [2.45, 2.75) is 95.9 Å². The van der Waals surface area contributed by atoms with Gasteiger partial charge in [-0.05, 0) is 81.0 Å². The van der Waals surface area contributed by atoms with Gasteiger partial charge in [0.1, 0.15) is 0 Å². The molecule has 3 aliphatic carbocycles. The number of fused-ring (bicyclic) bond motifs is 1. The number of hydrogen-bond acceptors (Lipinski definition) is 2. The molecule has 4 rings (SSSR count). The number of aliphatic hydroxyl groups is 1. The summed E-state index contributed by atoms with van der Waals surface area (Å²) < 4.78 is 6.23. The van der Waals surface area contributed by atoms with Crippen molar-refractivity contribution in [3.05, 3.63) is 0 Å². The van der Waals surface area contributed by atoms with E-state index in [1.807, 2.05) is 0 Å². The van der Waals surface area contributed by atoms with Crippen LogP contribution in [0.25, 0.3) is 0 Å². The van der Waals surface area contributed by atoms with Crippen molar-refractivity contribution in [2.75, 3.05) is 0 Å². The van der Waals surface area contributed by atoms with Crippen LogP contribution in [0.3, 0.4) is 0 Å². The molecule has 0 aromatic carbocycles. The zero-order valence-corrected chi connectivity index (χ0v) is 14.3. The first-order valence-electron chi connectivity index (χ1n) is 10.1. The van der Waals surface area contributed by atoms with Gasteiger partial charge in [0.2, 0.25) is 0 Å². The van der Waals surface area contributed by atoms with Crippen molar-refractivity contribution in [2.24, 2.45) is 29.6 Å². The molecule has 0 aromatic rings. The SMILES string of the molecule is CCC1CCC(C2CCC(C3CCC(O)CC3)C3OC23)CC1. The molecule has 4 aliphatic rings. The fourth-order valence-corrected chi connectivity index (χ4v) is 6.10. The van der Waals surface area contributed by atoms with E-state index >= 15 is 0 Å². The quantitative estimate of drug-likeness (QED) is 0.776. The zero-order valence-electron chi connectivity index (χ0n) is 14.3. The maximum absolute atomic E-state index is 9.72. The van der Waals surface area contributed by atoms with Gasteiger partial charge < -0.3 is 9.84 Å². The summed E-state index contributed by atoms with van der Waals surface area (Å²) in [5.74, 6) is 4.52. The Labute approximate surface area is 136 Å². The molecule has 1 aliphatic heterocycles. The van der Waals surface area contributed by atoms with E-state index in [9.17, 15) is 5.11 Å². The van der Waals surface area contributed by atoms with Crippen molar-refractivity contribution in [1.29, 1.82) is 0 Å². The Hall–Kier alpha value is -0.0800. The van der Waals surface area contributed by atoms with Crippen LogP contribution in [-0.4, -0.2) is 23.4 Å². The van der Waals surface area contributed by atoms with Crippen LogP contribution in [0, 0.1) is 29.6 Å². The average molecular weight is 306 g/mol. The third-order valence-electron chi connectivity index (χ3n) is 7.66. The molecule has 0 amide bonds. The van der Waals surface area contributed by atoms with E-state index in [2.05, 4.69) is 6.92 Å². The zero-order chi connectivity index (χ0) is 15.1. The Morgan fingerprint density at radius 1 is 0.727 bits per heavy atom. The lowest BCUT2D eigenvalue weighted by Crippen LogP contribution is -2.35. The molecule has 1 saturated heterocycles. The summed E-state index contributed by atoms with van der Waals surface area (Å²) in [4.78, 5) is 0. The normalized spacial score (nSPS) is 52.1. The molecule has 0 spiro atoms. The molecular formula is C20H34O2. The van der Waals surface area contributed by atoms with Gasteiger partial charge in [-0.25, -0.2) is 0 Å². The van der Waals surface area contributed by atoms with Gasteiger partial charge in [0.25, 0.3) is 0 Å². The van der Waals surface area contributed by atoms with Crippen LogP contribution in [0.2, 0.25) is 0 Å². The van der Waals surface area contributed by atoms with Crippen LogP contribution < -0.4 is 0 Å². The molecule has 0 aromatic heterocycles. The van der Waals surface area contributed by atoms with Crippen molar-refractivity contribution >= 4 is 0 Å². The molecule has 22 heavy (non-hydrogen) atoms. The molecule has 1 heterocycles. The maximum Gasteiger partial charge on any atom is 0.0875 e. The summed E-state index contributed by atoms with van der Waals surface area (Å²) in [7, 11) is 0. The molecule has 3 saturated carbocycles. The van der Waals surface area contributed by atoms with Gasteiger partial charge in [0, 0.05) is 0 Å². The fraction of sp³-hybridized carbons (Fsp3) is 1.00. The lowest BCUT2D eigenvalue weighted by molar-refractivity contribution is 0.0754. The van der Waals surface area contributed by atoms with E-state index < -0.39 is 0 Å². The third kappa shape index (κ3) is 2.98. The van der Waals surface area contributed by atoms with Crippen LogP contribution >= 0.6 is 0 Å². The Balaban J connectivity index is 1.30. The van der Waals surface area contributed by atoms with Crippen LogP contribution in [0.15, 0.2) is 0 Å². The Morgan fingerprint density at radius 2 is 1.23 bits per heavy atom. The summed E-state index contributed by atoms with van der Waals surface area (Å²) in [6, 6.07) is 0. The standard InChI is InChI=1S/C20H34O2/c1-2-13-3-5-14(6-4-13)17-11-12-18(20-19(17)22-20)15-7-9-16(21)10-8-15/h13-21H,2-12H2,1H3. The lowest BCUT2D eigenvalue weighted by atomic mass is 9.65. The molecule has 2 heteroatoms. The fourth-order valence-electron chi connectivity index (χ4n) is 6.10. The Kier molecular flexibility index (Phi) is 4.52. The predicted molar refractivity (Wildman–Crippen MR) is 88.6 cm³/mol. The molecule has 1 N–H and O–H groups in total. The largest absolute Gasteiger partial charge is 0.393 e. The number of ether oxygens (including phenoxy) is 1. The van der Waals surface area contributed by atoms with Gasteiger partial charge >= 0.3 is 0 Å². The molecule has 4 fully saturated rings. The summed E-state index contributed by atoms with van der Waals surface area (Å²) in [5, 5.41) is 9.72. The van der Waals surface area contributed by atoms with Gasteiger partial charge in [0.05, 0.1) is 18.3 Å². The van der Waals surface area contributed by atoms with Crippen LogP contribution in [0.4, 0.5) is 0 Å². The van der Waals surface area contributed by atoms with Gasteiger partial charge in [0.15, 0.2) is 0 Å². The molecule has 0 bridgehead atoms. The van der Waals surface area contributed by atoms with E-state index in [0.717, 1.165) is 42.4 Å². The minimum absolute atomic E-state index is 0.0164. The highest BCUT2D eigenvalue weighted by atomic mass is 16.6. The van der Waals surface area contributed by atoms with Gasteiger partial charge in [-0.15, -0.1) is 0 Å². The molecule has 126 valence electrons. The van der Waals surface area contributed by atoms with E-state index in [1.165, 1.54) is 57.8 Å². The third-order valence-corrected chi connectivity index (χ3v) is 7.66. The van der Waals surface area contributed by atoms with Gasteiger partial charge in [-0.3, -0.25) is 0 Å². The average Bonchev–Trinajstić information content (AvgIpc) is 3.36. The first kappa shape index (κ1) is 15.4. The Morgan fingerprint density at radius 3 is 1.73 bits per heavy atom. The van der Waals surface area contributed by atoms with Crippen LogP contribution in [0.1, 0.15) is 77.6 Å². The van der Waals surface area contributed by atoms with Crippen molar-refractivity contribution < 1.29 is 9.84 Å². The maximum atomic E-state index is 9.72. The lowest BCUT2D eigenvalue weighted by Gasteiger charge is -2.38. The van der Waals surface area contributed by atoms with Crippen LogP contribution in [-0.2, 0) is 4.74 Å². The highest BCUT2D eigenvalue weighted by Crippen LogP contribution is 2.53. The number of epoxide rings is 1. The first-order valence-corrected chi connectivity index (χ1v) is 10.1. The van der Waals surface area contributed by atoms with Crippen molar-refractivity contribution in [1.82, 2.24) is 0 Å². The summed E-state index contributed by atoms with van der Waals surface area (Å²) in [6.07, 6.45) is 15.8. The highest BCUT2D eigenvalue weighted by Gasteiger charge is 2.56. The van der Waals surface area contributed by atoms with E-state index in [0.29, 0.717) is 12.2 Å². The second kappa shape index (κ2) is 6.43. The number of aliphatic hydroxyl groups excluding tert-OH is 1. The van der Waals surface area contributed by atoms with Crippen LogP contribution in [0.5, 0.6) is 0 Å². The monoisotopic (exact) mass is 306 g/mol. The van der Waals surface area contributed by atoms with Crippen molar-refractivity contribution in [3.8, 4) is 0 Å².